The van der Waals surface area contributed by atoms with Crippen LogP contribution >= 0.6 is 0 Å². The maximum atomic E-state index is 5.14. The van der Waals surface area contributed by atoms with E-state index in [1.807, 2.05) is 0 Å². The van der Waals surface area contributed by atoms with Gasteiger partial charge in [-0.2, -0.15) is 0 Å². The summed E-state index contributed by atoms with van der Waals surface area (Å²) in [7, 11) is 0. The van der Waals surface area contributed by atoms with E-state index in [2.05, 4.69) is 41.9 Å². The average Bonchev–Trinajstić information content (AvgIpc) is 3.28. The molecule has 0 atom stereocenters. The molecule has 1 N–H and O–H groups in total. The lowest BCUT2D eigenvalue weighted by molar-refractivity contribution is 0.274. The SMILES string of the molecule is CCC1(c2nc3cc(C)ccc3n2C2CC2)CCNCC1. The molecule has 1 aliphatic carbocycles. The molecule has 1 saturated carbocycles. The van der Waals surface area contributed by atoms with Crippen LogP contribution in [0.15, 0.2) is 18.2 Å². The van der Waals surface area contributed by atoms with Crippen molar-refractivity contribution in [3.63, 3.8) is 0 Å². The second-order valence-electron chi connectivity index (χ2n) is 6.91. The number of rotatable bonds is 3. The Labute approximate surface area is 126 Å². The second-order valence-corrected chi connectivity index (χ2v) is 6.91. The number of fused-ring (bicyclic) bond motifs is 1. The Morgan fingerprint density at radius 1 is 1.29 bits per heavy atom. The van der Waals surface area contributed by atoms with E-state index >= 15 is 0 Å². The largest absolute Gasteiger partial charge is 0.324 e. The molecule has 3 heteroatoms. The van der Waals surface area contributed by atoms with Crippen molar-refractivity contribution in [2.24, 2.45) is 0 Å². The fraction of sp³-hybridized carbons (Fsp3) is 0.611. The van der Waals surface area contributed by atoms with Gasteiger partial charge in [0.05, 0.1) is 11.0 Å². The fourth-order valence-corrected chi connectivity index (χ4v) is 3.93. The highest BCUT2D eigenvalue weighted by molar-refractivity contribution is 5.77. The topological polar surface area (TPSA) is 29.9 Å². The predicted octanol–water partition coefficient (Wildman–Crippen LogP) is 3.71. The molecule has 0 unspecified atom stereocenters. The van der Waals surface area contributed by atoms with Gasteiger partial charge in [0, 0.05) is 11.5 Å². The van der Waals surface area contributed by atoms with Crippen LogP contribution in [0, 0.1) is 6.92 Å². The number of imidazole rings is 1. The summed E-state index contributed by atoms with van der Waals surface area (Å²) in [6, 6.07) is 7.46. The standard InChI is InChI=1S/C18H25N3/c1-3-18(8-10-19-11-9-18)17-20-15-12-13(2)4-7-16(15)21(17)14-5-6-14/h4,7,12,14,19H,3,5-6,8-11H2,1-2H3. The van der Waals surface area contributed by atoms with Gasteiger partial charge in [0.1, 0.15) is 5.82 Å². The highest BCUT2D eigenvalue weighted by Crippen LogP contribution is 2.45. The normalized spacial score (nSPS) is 21.8. The first-order valence-electron chi connectivity index (χ1n) is 8.43. The maximum Gasteiger partial charge on any atom is 0.116 e. The molecule has 0 radical (unpaired) electrons. The first kappa shape index (κ1) is 13.3. The molecule has 4 rings (SSSR count). The van der Waals surface area contributed by atoms with Crippen molar-refractivity contribution in [1.82, 2.24) is 14.9 Å². The van der Waals surface area contributed by atoms with Crippen molar-refractivity contribution < 1.29 is 0 Å². The summed E-state index contributed by atoms with van der Waals surface area (Å²) in [6.45, 7) is 6.75. The van der Waals surface area contributed by atoms with Crippen LogP contribution in [0.4, 0.5) is 0 Å². The van der Waals surface area contributed by atoms with Gasteiger partial charge in [0.25, 0.3) is 0 Å². The molecule has 0 bridgehead atoms. The van der Waals surface area contributed by atoms with E-state index < -0.39 is 0 Å². The number of hydrogen-bond acceptors (Lipinski definition) is 2. The molecule has 1 aromatic heterocycles. The van der Waals surface area contributed by atoms with Crippen molar-refractivity contribution in [1.29, 1.82) is 0 Å². The van der Waals surface area contributed by atoms with Gasteiger partial charge in [-0.25, -0.2) is 4.98 Å². The highest BCUT2D eigenvalue weighted by Gasteiger charge is 2.40. The summed E-state index contributed by atoms with van der Waals surface area (Å²) in [6.07, 6.45) is 6.29. The third-order valence-corrected chi connectivity index (χ3v) is 5.47. The van der Waals surface area contributed by atoms with Crippen molar-refractivity contribution in [3.8, 4) is 0 Å². The van der Waals surface area contributed by atoms with E-state index in [1.54, 1.807) is 0 Å². The van der Waals surface area contributed by atoms with Gasteiger partial charge < -0.3 is 9.88 Å². The molecule has 1 aliphatic heterocycles. The molecular weight excluding hydrogens is 258 g/mol. The Bertz CT molecular complexity index is 660. The molecule has 0 amide bonds. The molecule has 2 aliphatic rings. The number of piperidine rings is 1. The van der Waals surface area contributed by atoms with E-state index in [-0.39, 0.29) is 5.41 Å². The molecule has 3 nitrogen and oxygen atoms in total. The van der Waals surface area contributed by atoms with Crippen molar-refractivity contribution in [3.05, 3.63) is 29.6 Å². The molecule has 21 heavy (non-hydrogen) atoms. The number of aryl methyl sites for hydroxylation is 1. The van der Waals surface area contributed by atoms with E-state index in [1.165, 1.54) is 54.5 Å². The van der Waals surface area contributed by atoms with Gasteiger partial charge in [-0.3, -0.25) is 0 Å². The molecule has 112 valence electrons. The number of benzene rings is 1. The van der Waals surface area contributed by atoms with Crippen LogP contribution < -0.4 is 5.32 Å². The summed E-state index contributed by atoms with van der Waals surface area (Å²) in [5.74, 6) is 1.37. The lowest BCUT2D eigenvalue weighted by Crippen LogP contribution is -2.41. The summed E-state index contributed by atoms with van der Waals surface area (Å²) in [5.41, 5.74) is 4.14. The van der Waals surface area contributed by atoms with Gasteiger partial charge in [0.2, 0.25) is 0 Å². The van der Waals surface area contributed by atoms with Crippen LogP contribution in [-0.4, -0.2) is 22.6 Å². The Hall–Kier alpha value is -1.35. The maximum absolute atomic E-state index is 5.14. The predicted molar refractivity (Wildman–Crippen MR) is 86.8 cm³/mol. The first-order valence-corrected chi connectivity index (χ1v) is 8.43. The molecule has 1 saturated heterocycles. The monoisotopic (exact) mass is 283 g/mol. The van der Waals surface area contributed by atoms with E-state index in [0.29, 0.717) is 6.04 Å². The Morgan fingerprint density at radius 3 is 2.71 bits per heavy atom. The molecule has 1 aromatic carbocycles. The zero-order chi connectivity index (χ0) is 14.4. The Morgan fingerprint density at radius 2 is 2.05 bits per heavy atom. The fourth-order valence-electron chi connectivity index (χ4n) is 3.93. The summed E-state index contributed by atoms with van der Waals surface area (Å²) < 4.78 is 2.59. The van der Waals surface area contributed by atoms with Gasteiger partial charge in [0.15, 0.2) is 0 Å². The van der Waals surface area contributed by atoms with E-state index in [9.17, 15) is 0 Å². The van der Waals surface area contributed by atoms with Gasteiger partial charge >= 0.3 is 0 Å². The highest BCUT2D eigenvalue weighted by atomic mass is 15.1. The zero-order valence-corrected chi connectivity index (χ0v) is 13.2. The second kappa shape index (κ2) is 4.84. The molecule has 2 aromatic rings. The molecule has 0 spiro atoms. The average molecular weight is 283 g/mol. The number of nitrogens with zero attached hydrogens (tertiary/aromatic N) is 2. The summed E-state index contributed by atoms with van der Waals surface area (Å²) in [5, 5.41) is 3.51. The molecular formula is C18H25N3. The van der Waals surface area contributed by atoms with Crippen molar-refractivity contribution >= 4 is 11.0 Å². The lowest BCUT2D eigenvalue weighted by atomic mass is 9.76. The van der Waals surface area contributed by atoms with Crippen molar-refractivity contribution in [2.75, 3.05) is 13.1 Å². The van der Waals surface area contributed by atoms with Crippen LogP contribution in [0.1, 0.15) is 56.5 Å². The van der Waals surface area contributed by atoms with Crippen LogP contribution in [0.3, 0.4) is 0 Å². The van der Waals surface area contributed by atoms with Gasteiger partial charge in [-0.15, -0.1) is 0 Å². The minimum absolute atomic E-state index is 0.279. The minimum atomic E-state index is 0.279. The summed E-state index contributed by atoms with van der Waals surface area (Å²) in [4.78, 5) is 5.14. The first-order chi connectivity index (χ1) is 10.2. The van der Waals surface area contributed by atoms with Gasteiger partial charge in [-0.1, -0.05) is 13.0 Å². The Kier molecular flexibility index (Phi) is 3.07. The smallest absolute Gasteiger partial charge is 0.116 e. The van der Waals surface area contributed by atoms with E-state index in [0.717, 1.165) is 13.1 Å². The van der Waals surface area contributed by atoms with Crippen LogP contribution in [0.2, 0.25) is 0 Å². The third-order valence-electron chi connectivity index (χ3n) is 5.47. The third kappa shape index (κ3) is 2.10. The quantitative estimate of drug-likeness (QED) is 0.930. The number of aromatic nitrogens is 2. The zero-order valence-electron chi connectivity index (χ0n) is 13.2. The lowest BCUT2D eigenvalue weighted by Gasteiger charge is -2.36. The Balaban J connectivity index is 1.92. The van der Waals surface area contributed by atoms with Gasteiger partial charge in [-0.05, 0) is 69.8 Å². The number of hydrogen-bond donors (Lipinski definition) is 1. The minimum Gasteiger partial charge on any atom is -0.324 e. The molecule has 2 fully saturated rings. The van der Waals surface area contributed by atoms with Crippen LogP contribution in [0.5, 0.6) is 0 Å². The number of nitrogens with one attached hydrogen (secondary N) is 1. The molecule has 2 heterocycles. The summed E-state index contributed by atoms with van der Waals surface area (Å²) >= 11 is 0. The van der Waals surface area contributed by atoms with Crippen molar-refractivity contribution in [2.45, 2.75) is 57.4 Å². The van der Waals surface area contributed by atoms with Crippen LogP contribution in [-0.2, 0) is 5.41 Å². The van der Waals surface area contributed by atoms with Crippen LogP contribution in [0.25, 0.3) is 11.0 Å². The van der Waals surface area contributed by atoms with E-state index in [4.69, 9.17) is 4.98 Å².